The molecule has 2 aliphatic heterocycles. The highest BCUT2D eigenvalue weighted by atomic mass is 32.2. The van der Waals surface area contributed by atoms with Gasteiger partial charge in [-0.3, -0.25) is 0 Å². The summed E-state index contributed by atoms with van der Waals surface area (Å²) in [5, 5.41) is 3.27. The number of amides is 2. The molecule has 0 aromatic rings. The average molecular weight is 381 g/mol. The lowest BCUT2D eigenvalue weighted by atomic mass is 9.49. The topological polar surface area (TPSA) is 66.5 Å². The summed E-state index contributed by atoms with van der Waals surface area (Å²) in [6.07, 6.45) is 9.90. The van der Waals surface area contributed by atoms with Crippen LogP contribution in [0.3, 0.4) is 0 Å². The summed E-state index contributed by atoms with van der Waals surface area (Å²) >= 11 is 0. The summed E-state index contributed by atoms with van der Waals surface area (Å²) in [4.78, 5) is 14.5. The molecule has 2 saturated heterocycles. The van der Waals surface area contributed by atoms with Crippen molar-refractivity contribution in [2.45, 2.75) is 51.4 Å². The van der Waals surface area contributed by atoms with E-state index in [-0.39, 0.29) is 6.03 Å². The molecule has 0 spiro atoms. The predicted molar refractivity (Wildman–Crippen MR) is 100 cm³/mol. The zero-order valence-electron chi connectivity index (χ0n) is 15.7. The number of urea groups is 1. The molecule has 4 saturated carbocycles. The van der Waals surface area contributed by atoms with Crippen LogP contribution in [0.15, 0.2) is 0 Å². The normalized spacial score (nSPS) is 41.8. The van der Waals surface area contributed by atoms with E-state index >= 15 is 0 Å². The fourth-order valence-electron chi connectivity index (χ4n) is 7.24. The van der Waals surface area contributed by atoms with Gasteiger partial charge in [0.15, 0.2) is 0 Å². The van der Waals surface area contributed by atoms with E-state index in [9.17, 15) is 13.2 Å². The van der Waals surface area contributed by atoms with Crippen LogP contribution in [0, 0.1) is 35.0 Å². The summed E-state index contributed by atoms with van der Waals surface area (Å²) in [5.74, 6) is 4.46. The van der Waals surface area contributed by atoms with Gasteiger partial charge in [0, 0.05) is 19.6 Å². The van der Waals surface area contributed by atoms with Crippen LogP contribution < -0.4 is 5.32 Å². The molecule has 0 unspecified atom stereocenters. The summed E-state index contributed by atoms with van der Waals surface area (Å²) < 4.78 is 23.1. The second-order valence-electron chi connectivity index (χ2n) is 10.2. The molecule has 6 aliphatic rings. The molecule has 0 aromatic heterocycles. The van der Waals surface area contributed by atoms with Gasteiger partial charge in [0.25, 0.3) is 0 Å². The van der Waals surface area contributed by atoms with Crippen molar-refractivity contribution in [1.82, 2.24) is 10.2 Å². The van der Waals surface area contributed by atoms with Crippen LogP contribution in [0.5, 0.6) is 0 Å². The second-order valence-corrected chi connectivity index (χ2v) is 12.5. The smallest absolute Gasteiger partial charge is 0.317 e. The van der Waals surface area contributed by atoms with Gasteiger partial charge in [-0.1, -0.05) is 0 Å². The number of hydrogen-bond acceptors (Lipinski definition) is 3. The molecule has 6 rings (SSSR count). The van der Waals surface area contributed by atoms with Gasteiger partial charge < -0.3 is 10.2 Å². The van der Waals surface area contributed by atoms with Crippen molar-refractivity contribution in [3.05, 3.63) is 0 Å². The summed E-state index contributed by atoms with van der Waals surface area (Å²) in [6.45, 7) is 2.51. The number of rotatable bonds is 3. The standard InChI is InChI=1S/C20H32N2O3S/c23-19(22-11-18(12-22)17-1-3-26(24,25)4-2-17)21-13-20-8-14-5-15(9-20)7-16(6-14)10-20/h14-18H,1-13H2,(H,21,23). The van der Waals surface area contributed by atoms with E-state index in [1.165, 1.54) is 38.5 Å². The Morgan fingerprint density at radius 1 is 0.923 bits per heavy atom. The Bertz CT molecular complexity index is 634. The fourth-order valence-corrected chi connectivity index (χ4v) is 8.77. The van der Waals surface area contributed by atoms with Crippen LogP contribution in [0.2, 0.25) is 0 Å². The average Bonchev–Trinajstić information content (AvgIpc) is 2.52. The molecule has 26 heavy (non-hydrogen) atoms. The summed E-state index contributed by atoms with van der Waals surface area (Å²) in [7, 11) is -2.79. The van der Waals surface area contributed by atoms with Crippen molar-refractivity contribution in [3.63, 3.8) is 0 Å². The molecule has 6 fully saturated rings. The van der Waals surface area contributed by atoms with E-state index < -0.39 is 9.84 Å². The van der Waals surface area contributed by atoms with Gasteiger partial charge in [-0.2, -0.15) is 0 Å². The number of hydrogen-bond donors (Lipinski definition) is 1. The Balaban J connectivity index is 1.09. The van der Waals surface area contributed by atoms with Crippen LogP contribution in [-0.2, 0) is 9.84 Å². The van der Waals surface area contributed by atoms with Gasteiger partial charge in [0.1, 0.15) is 9.84 Å². The van der Waals surface area contributed by atoms with Crippen molar-refractivity contribution in [2.24, 2.45) is 35.0 Å². The van der Waals surface area contributed by atoms with E-state index in [0.29, 0.717) is 28.8 Å². The molecule has 2 amide bonds. The molecule has 2 heterocycles. The minimum absolute atomic E-state index is 0.112. The SMILES string of the molecule is O=C(NCC12CC3CC(CC(C3)C1)C2)N1CC(C2CCS(=O)(=O)CC2)C1. The zero-order valence-corrected chi connectivity index (χ0v) is 16.5. The number of carbonyl (C=O) groups is 1. The number of likely N-dealkylation sites (tertiary alicyclic amines) is 1. The minimum Gasteiger partial charge on any atom is -0.337 e. The lowest BCUT2D eigenvalue weighted by Crippen LogP contribution is -2.58. The highest BCUT2D eigenvalue weighted by Crippen LogP contribution is 2.59. The highest BCUT2D eigenvalue weighted by molar-refractivity contribution is 7.91. The van der Waals surface area contributed by atoms with Crippen LogP contribution in [-0.4, -0.2) is 50.5 Å². The van der Waals surface area contributed by atoms with Gasteiger partial charge >= 0.3 is 6.03 Å². The van der Waals surface area contributed by atoms with Gasteiger partial charge in [0.05, 0.1) is 11.5 Å². The van der Waals surface area contributed by atoms with E-state index in [0.717, 1.165) is 50.2 Å². The van der Waals surface area contributed by atoms with Gasteiger partial charge in [-0.15, -0.1) is 0 Å². The number of nitrogens with one attached hydrogen (secondary N) is 1. The molecule has 0 radical (unpaired) electrons. The maximum absolute atomic E-state index is 12.6. The summed E-state index contributed by atoms with van der Waals surface area (Å²) in [5.41, 5.74) is 0.395. The molecule has 0 aromatic carbocycles. The Kier molecular flexibility index (Phi) is 4.07. The number of sulfone groups is 1. The van der Waals surface area contributed by atoms with Crippen LogP contribution in [0.1, 0.15) is 51.4 Å². The first kappa shape index (κ1) is 17.3. The third kappa shape index (κ3) is 3.16. The van der Waals surface area contributed by atoms with Crippen LogP contribution >= 0.6 is 0 Å². The van der Waals surface area contributed by atoms with Crippen molar-refractivity contribution < 1.29 is 13.2 Å². The predicted octanol–water partition coefficient (Wildman–Crippen LogP) is 2.67. The molecule has 0 atom stereocenters. The maximum Gasteiger partial charge on any atom is 0.317 e. The largest absolute Gasteiger partial charge is 0.337 e. The second kappa shape index (κ2) is 6.11. The molecule has 6 heteroatoms. The number of carbonyl (C=O) groups excluding carboxylic acids is 1. The van der Waals surface area contributed by atoms with Gasteiger partial charge in [0.2, 0.25) is 0 Å². The monoisotopic (exact) mass is 380 g/mol. The number of nitrogens with zero attached hydrogens (tertiary/aromatic N) is 1. The molecule has 146 valence electrons. The molecule has 4 bridgehead atoms. The van der Waals surface area contributed by atoms with E-state index in [1.807, 2.05) is 4.90 Å². The first-order chi connectivity index (χ1) is 12.4. The zero-order chi connectivity index (χ0) is 17.9. The van der Waals surface area contributed by atoms with Crippen LogP contribution in [0.25, 0.3) is 0 Å². The van der Waals surface area contributed by atoms with Gasteiger partial charge in [-0.25, -0.2) is 13.2 Å². The molecule has 5 nitrogen and oxygen atoms in total. The fraction of sp³-hybridized carbons (Fsp3) is 0.950. The third-order valence-corrected chi connectivity index (χ3v) is 9.96. The first-order valence-corrected chi connectivity index (χ1v) is 12.5. The Morgan fingerprint density at radius 2 is 1.46 bits per heavy atom. The quantitative estimate of drug-likeness (QED) is 0.819. The Labute approximate surface area is 157 Å². The van der Waals surface area contributed by atoms with Crippen molar-refractivity contribution in [2.75, 3.05) is 31.1 Å². The van der Waals surface area contributed by atoms with E-state index in [4.69, 9.17) is 0 Å². The van der Waals surface area contributed by atoms with Crippen molar-refractivity contribution in [1.29, 1.82) is 0 Å². The molecule has 4 aliphatic carbocycles. The third-order valence-electron chi connectivity index (χ3n) is 8.24. The van der Waals surface area contributed by atoms with E-state index in [1.54, 1.807) is 0 Å². The minimum atomic E-state index is -2.79. The Hall–Kier alpha value is -0.780. The van der Waals surface area contributed by atoms with E-state index in [2.05, 4.69) is 5.32 Å². The highest BCUT2D eigenvalue weighted by Gasteiger charge is 2.51. The molecule has 1 N–H and O–H groups in total. The maximum atomic E-state index is 12.6. The van der Waals surface area contributed by atoms with Gasteiger partial charge in [-0.05, 0) is 86.4 Å². The lowest BCUT2D eigenvalue weighted by molar-refractivity contribution is -0.0508. The molecular weight excluding hydrogens is 348 g/mol. The first-order valence-electron chi connectivity index (χ1n) is 10.6. The Morgan fingerprint density at radius 3 is 2.00 bits per heavy atom. The van der Waals surface area contributed by atoms with Crippen molar-refractivity contribution >= 4 is 15.9 Å². The summed E-state index contributed by atoms with van der Waals surface area (Å²) in [6, 6.07) is 0.112. The van der Waals surface area contributed by atoms with Crippen molar-refractivity contribution in [3.8, 4) is 0 Å². The molecular formula is C20H32N2O3S. The lowest BCUT2D eigenvalue weighted by Gasteiger charge is -2.57. The van der Waals surface area contributed by atoms with Crippen LogP contribution in [0.4, 0.5) is 4.79 Å².